The van der Waals surface area contributed by atoms with Gasteiger partial charge in [0.25, 0.3) is 0 Å². The van der Waals surface area contributed by atoms with Crippen LogP contribution in [-0.4, -0.2) is 57.1 Å². The highest BCUT2D eigenvalue weighted by molar-refractivity contribution is 7.92. The molecule has 8 nitrogen and oxygen atoms in total. The number of ether oxygens (including phenoxy) is 1. The molecule has 1 aliphatic carbocycles. The molecule has 0 aromatic heterocycles. The van der Waals surface area contributed by atoms with Crippen molar-refractivity contribution in [3.63, 3.8) is 0 Å². The normalized spacial score (nSPS) is 14.9. The van der Waals surface area contributed by atoms with Gasteiger partial charge < -0.3 is 15.0 Å². The molecule has 1 N–H and O–H groups in total. The predicted molar refractivity (Wildman–Crippen MR) is 137 cm³/mol. The first-order chi connectivity index (χ1) is 16.6. The minimum Gasteiger partial charge on any atom is -0.495 e. The fourth-order valence-corrected chi connectivity index (χ4v) is 5.26. The van der Waals surface area contributed by atoms with Crippen LogP contribution < -0.4 is 14.4 Å². The Bertz CT molecular complexity index is 1150. The maximum atomic E-state index is 13.6. The standard InChI is InChI=1S/C25H32ClN3O5S/c1-18(25(31)27-20-11-5-6-12-20)28(16-19-10-4-7-13-21(19)26)24(30)17-29(35(3,32)33)22-14-8-9-15-23(22)34-2/h4,7-10,13-15,18,20H,5-6,11-12,16-17H2,1-3H3,(H,27,31)/t18-/m0/s1. The summed E-state index contributed by atoms with van der Waals surface area (Å²) in [5.41, 5.74) is 0.901. The van der Waals surface area contributed by atoms with Gasteiger partial charge in [0, 0.05) is 17.6 Å². The largest absolute Gasteiger partial charge is 0.495 e. The molecule has 35 heavy (non-hydrogen) atoms. The lowest BCUT2D eigenvalue weighted by atomic mass is 10.1. The Labute approximate surface area is 212 Å². The van der Waals surface area contributed by atoms with E-state index in [1.165, 1.54) is 12.0 Å². The lowest BCUT2D eigenvalue weighted by Gasteiger charge is -2.32. The Morgan fingerprint density at radius 2 is 1.74 bits per heavy atom. The molecule has 0 saturated heterocycles. The van der Waals surface area contributed by atoms with Gasteiger partial charge in [-0.15, -0.1) is 0 Å². The zero-order chi connectivity index (χ0) is 25.6. The molecule has 1 saturated carbocycles. The van der Waals surface area contributed by atoms with Crippen LogP contribution in [0.5, 0.6) is 5.75 Å². The van der Waals surface area contributed by atoms with E-state index in [2.05, 4.69) is 5.32 Å². The number of amides is 2. The number of halogens is 1. The third kappa shape index (κ3) is 6.89. The average molecular weight is 522 g/mol. The highest BCUT2D eigenvalue weighted by Crippen LogP contribution is 2.30. The Morgan fingerprint density at radius 1 is 1.11 bits per heavy atom. The number of hydrogen-bond acceptors (Lipinski definition) is 5. The van der Waals surface area contributed by atoms with E-state index in [0.29, 0.717) is 16.3 Å². The molecular formula is C25H32ClN3O5S. The van der Waals surface area contributed by atoms with Crippen molar-refractivity contribution in [1.29, 1.82) is 0 Å². The number of hydrogen-bond donors (Lipinski definition) is 1. The number of carbonyl (C=O) groups excluding carboxylic acids is 2. The first-order valence-corrected chi connectivity index (χ1v) is 13.8. The maximum Gasteiger partial charge on any atom is 0.244 e. The van der Waals surface area contributed by atoms with E-state index in [-0.39, 0.29) is 24.2 Å². The molecule has 1 atom stereocenters. The summed E-state index contributed by atoms with van der Waals surface area (Å²) in [5.74, 6) is -0.494. The highest BCUT2D eigenvalue weighted by atomic mass is 35.5. The van der Waals surface area contributed by atoms with E-state index in [4.69, 9.17) is 16.3 Å². The van der Waals surface area contributed by atoms with Gasteiger partial charge in [-0.1, -0.05) is 54.8 Å². The van der Waals surface area contributed by atoms with Crippen molar-refractivity contribution in [2.24, 2.45) is 0 Å². The molecule has 2 aromatic carbocycles. The molecule has 0 bridgehead atoms. The first-order valence-electron chi connectivity index (χ1n) is 11.6. The van der Waals surface area contributed by atoms with Crippen molar-refractivity contribution >= 4 is 39.1 Å². The van der Waals surface area contributed by atoms with Gasteiger partial charge in [0.1, 0.15) is 18.3 Å². The number of nitrogens with one attached hydrogen (secondary N) is 1. The van der Waals surface area contributed by atoms with E-state index in [0.717, 1.165) is 36.2 Å². The summed E-state index contributed by atoms with van der Waals surface area (Å²) in [6.07, 6.45) is 4.97. The fraction of sp³-hybridized carbons (Fsp3) is 0.440. The number of methoxy groups -OCH3 is 1. The summed E-state index contributed by atoms with van der Waals surface area (Å²) in [7, 11) is -2.41. The van der Waals surface area contributed by atoms with Crippen LogP contribution in [-0.2, 0) is 26.2 Å². The van der Waals surface area contributed by atoms with Crippen LogP contribution in [0, 0.1) is 0 Å². The van der Waals surface area contributed by atoms with E-state index < -0.39 is 28.5 Å². The lowest BCUT2D eigenvalue weighted by molar-refractivity contribution is -0.139. The minimum atomic E-state index is -3.85. The lowest BCUT2D eigenvalue weighted by Crippen LogP contribution is -2.52. The van der Waals surface area contributed by atoms with Gasteiger partial charge >= 0.3 is 0 Å². The first kappa shape index (κ1) is 26.8. The number of sulfonamides is 1. The van der Waals surface area contributed by atoms with Gasteiger partial charge in [0.15, 0.2) is 0 Å². The van der Waals surface area contributed by atoms with Crippen molar-refractivity contribution in [3.8, 4) is 5.75 Å². The van der Waals surface area contributed by atoms with Crippen LogP contribution in [0.15, 0.2) is 48.5 Å². The topological polar surface area (TPSA) is 96.0 Å². The Balaban J connectivity index is 1.91. The van der Waals surface area contributed by atoms with Gasteiger partial charge in [-0.2, -0.15) is 0 Å². The van der Waals surface area contributed by atoms with Crippen molar-refractivity contribution in [1.82, 2.24) is 10.2 Å². The Hall–Kier alpha value is -2.78. The van der Waals surface area contributed by atoms with Gasteiger partial charge in [0.05, 0.1) is 19.1 Å². The molecule has 1 fully saturated rings. The molecule has 0 radical (unpaired) electrons. The fourth-order valence-electron chi connectivity index (χ4n) is 4.22. The zero-order valence-electron chi connectivity index (χ0n) is 20.2. The van der Waals surface area contributed by atoms with Crippen LogP contribution in [0.2, 0.25) is 5.02 Å². The highest BCUT2D eigenvalue weighted by Gasteiger charge is 2.32. The van der Waals surface area contributed by atoms with Crippen molar-refractivity contribution < 1.29 is 22.7 Å². The maximum absolute atomic E-state index is 13.6. The van der Waals surface area contributed by atoms with E-state index >= 15 is 0 Å². The minimum absolute atomic E-state index is 0.0568. The zero-order valence-corrected chi connectivity index (χ0v) is 21.8. The van der Waals surface area contributed by atoms with E-state index in [1.54, 1.807) is 55.5 Å². The summed E-state index contributed by atoms with van der Waals surface area (Å²) in [5, 5.41) is 3.49. The summed E-state index contributed by atoms with van der Waals surface area (Å²) < 4.78 is 31.7. The van der Waals surface area contributed by atoms with Crippen LogP contribution in [0.25, 0.3) is 0 Å². The third-order valence-electron chi connectivity index (χ3n) is 6.20. The van der Waals surface area contributed by atoms with Gasteiger partial charge in [-0.3, -0.25) is 13.9 Å². The SMILES string of the molecule is COc1ccccc1N(CC(=O)N(Cc1ccccc1Cl)[C@@H](C)C(=O)NC1CCCC1)S(C)(=O)=O. The van der Waals surface area contributed by atoms with Crippen molar-refractivity contribution in [3.05, 3.63) is 59.1 Å². The number of carbonyl (C=O) groups is 2. The summed E-state index contributed by atoms with van der Waals surface area (Å²) >= 11 is 6.35. The molecule has 0 unspecified atom stereocenters. The van der Waals surface area contributed by atoms with Crippen LogP contribution in [0.1, 0.15) is 38.2 Å². The van der Waals surface area contributed by atoms with Gasteiger partial charge in [0.2, 0.25) is 21.8 Å². The van der Waals surface area contributed by atoms with Gasteiger partial charge in [-0.05, 0) is 43.5 Å². The molecule has 0 heterocycles. The summed E-state index contributed by atoms with van der Waals surface area (Å²) in [4.78, 5) is 28.1. The molecule has 2 aromatic rings. The van der Waals surface area contributed by atoms with Crippen LogP contribution in [0.3, 0.4) is 0 Å². The average Bonchev–Trinajstić information content (AvgIpc) is 3.33. The second-order valence-corrected chi connectivity index (χ2v) is 11.0. The molecule has 0 spiro atoms. The number of nitrogens with zero attached hydrogens (tertiary/aromatic N) is 2. The number of rotatable bonds is 10. The van der Waals surface area contributed by atoms with Crippen molar-refractivity contribution in [2.75, 3.05) is 24.2 Å². The quantitative estimate of drug-likeness (QED) is 0.515. The molecule has 0 aliphatic heterocycles. The second-order valence-electron chi connectivity index (χ2n) is 8.72. The van der Waals surface area contributed by atoms with E-state index in [1.807, 2.05) is 0 Å². The molecule has 10 heteroatoms. The molecule has 3 rings (SSSR count). The predicted octanol–water partition coefficient (Wildman–Crippen LogP) is 3.59. The third-order valence-corrected chi connectivity index (χ3v) is 7.70. The Kier molecular flexibility index (Phi) is 9.02. The smallest absolute Gasteiger partial charge is 0.244 e. The molecular weight excluding hydrogens is 490 g/mol. The summed E-state index contributed by atoms with van der Waals surface area (Å²) in [6.45, 7) is 1.21. The Morgan fingerprint density at radius 3 is 2.37 bits per heavy atom. The second kappa shape index (κ2) is 11.8. The van der Waals surface area contributed by atoms with Crippen LogP contribution >= 0.6 is 11.6 Å². The monoisotopic (exact) mass is 521 g/mol. The number of anilines is 1. The number of para-hydroxylation sites is 2. The molecule has 190 valence electrons. The molecule has 1 aliphatic rings. The van der Waals surface area contributed by atoms with Gasteiger partial charge in [-0.25, -0.2) is 8.42 Å². The van der Waals surface area contributed by atoms with Crippen LogP contribution in [0.4, 0.5) is 5.69 Å². The van der Waals surface area contributed by atoms with Crippen molar-refractivity contribution in [2.45, 2.75) is 51.2 Å². The summed E-state index contributed by atoms with van der Waals surface area (Å²) in [6, 6.07) is 12.9. The number of benzene rings is 2. The van der Waals surface area contributed by atoms with E-state index in [9.17, 15) is 18.0 Å². The molecule has 2 amide bonds.